The zero-order chi connectivity index (χ0) is 13.4. The number of nitrogens with one attached hydrogen (secondary N) is 1. The van der Waals surface area contributed by atoms with Crippen LogP contribution in [0.15, 0.2) is 18.2 Å². The summed E-state index contributed by atoms with van der Waals surface area (Å²) < 4.78 is 0. The van der Waals surface area contributed by atoms with Crippen molar-refractivity contribution in [1.82, 2.24) is 5.32 Å². The lowest BCUT2D eigenvalue weighted by Gasteiger charge is -2.23. The number of hydrogen-bond donors (Lipinski definition) is 1. The second-order valence-corrected chi connectivity index (χ2v) is 6.46. The number of carbonyl (C=O) groups excluding carboxylic acids is 1. The molecule has 102 valence electrons. The minimum atomic E-state index is 0.199. The maximum atomic E-state index is 12.2. The third kappa shape index (κ3) is 2.68. The van der Waals surface area contributed by atoms with E-state index in [1.54, 1.807) is 0 Å². The lowest BCUT2D eigenvalue weighted by atomic mass is 9.95. The molecule has 1 amide bonds. The molecule has 2 fully saturated rings. The van der Waals surface area contributed by atoms with Crippen LogP contribution in [-0.4, -0.2) is 11.9 Å². The van der Waals surface area contributed by atoms with Gasteiger partial charge in [-0.3, -0.25) is 4.79 Å². The molecule has 0 saturated heterocycles. The largest absolute Gasteiger partial charge is 0.353 e. The highest BCUT2D eigenvalue weighted by molar-refractivity contribution is 5.79. The van der Waals surface area contributed by atoms with Gasteiger partial charge >= 0.3 is 0 Å². The summed E-state index contributed by atoms with van der Waals surface area (Å²) in [5.74, 6) is 1.84. The minimum absolute atomic E-state index is 0.199. The Morgan fingerprint density at radius 2 is 2.11 bits per heavy atom. The molecule has 2 bridgehead atoms. The second kappa shape index (κ2) is 4.99. The average molecular weight is 257 g/mol. The third-order valence-corrected chi connectivity index (χ3v) is 4.93. The zero-order valence-electron chi connectivity index (χ0n) is 11.9. The van der Waals surface area contributed by atoms with E-state index in [2.05, 4.69) is 37.4 Å². The molecule has 0 radical (unpaired) electrons. The Kier molecular flexibility index (Phi) is 3.34. The summed E-state index contributed by atoms with van der Waals surface area (Å²) in [6, 6.07) is 6.79. The molecule has 2 nitrogen and oxygen atoms in total. The Balaban J connectivity index is 1.59. The van der Waals surface area contributed by atoms with Gasteiger partial charge < -0.3 is 5.32 Å². The zero-order valence-corrected chi connectivity index (χ0v) is 11.9. The molecule has 0 aromatic heterocycles. The first kappa shape index (κ1) is 12.7. The van der Waals surface area contributed by atoms with Gasteiger partial charge in [0.05, 0.1) is 6.42 Å². The molecule has 0 unspecified atom stereocenters. The van der Waals surface area contributed by atoms with Crippen LogP contribution in [0.5, 0.6) is 0 Å². The van der Waals surface area contributed by atoms with E-state index in [9.17, 15) is 4.79 Å². The Bertz CT molecular complexity index is 494. The molecule has 0 aliphatic heterocycles. The van der Waals surface area contributed by atoms with Crippen LogP contribution in [0.4, 0.5) is 0 Å². The molecule has 2 aliphatic carbocycles. The van der Waals surface area contributed by atoms with Crippen molar-refractivity contribution in [3.8, 4) is 0 Å². The Hall–Kier alpha value is -1.31. The predicted molar refractivity (Wildman–Crippen MR) is 77.0 cm³/mol. The normalized spacial score (nSPS) is 28.6. The molecule has 1 aromatic rings. The topological polar surface area (TPSA) is 29.1 Å². The van der Waals surface area contributed by atoms with Crippen LogP contribution in [0.25, 0.3) is 0 Å². The van der Waals surface area contributed by atoms with Crippen LogP contribution in [0.3, 0.4) is 0 Å². The van der Waals surface area contributed by atoms with Crippen LogP contribution < -0.4 is 5.32 Å². The average Bonchev–Trinajstić information content (AvgIpc) is 2.95. The number of rotatable bonds is 3. The fraction of sp³-hybridized carbons (Fsp3) is 0.588. The van der Waals surface area contributed by atoms with Gasteiger partial charge in [0.2, 0.25) is 5.91 Å². The Labute approximate surface area is 115 Å². The Morgan fingerprint density at radius 1 is 1.26 bits per heavy atom. The van der Waals surface area contributed by atoms with E-state index in [4.69, 9.17) is 0 Å². The third-order valence-electron chi connectivity index (χ3n) is 4.93. The van der Waals surface area contributed by atoms with Gasteiger partial charge in [-0.2, -0.15) is 0 Å². The highest BCUT2D eigenvalue weighted by Crippen LogP contribution is 2.44. The van der Waals surface area contributed by atoms with Gasteiger partial charge in [-0.15, -0.1) is 0 Å². The molecule has 1 aromatic carbocycles. The number of carbonyl (C=O) groups is 1. The van der Waals surface area contributed by atoms with Gasteiger partial charge in [-0.05, 0) is 56.1 Å². The standard InChI is InChI=1S/C17H23NO/c1-11-3-5-14(12(2)7-11)10-17(19)18-16-9-13-4-6-15(16)8-13/h3,5,7,13,15-16H,4,6,8-10H2,1-2H3,(H,18,19)/t13-,15+,16+/m0/s1. The summed E-state index contributed by atoms with van der Waals surface area (Å²) in [5.41, 5.74) is 3.64. The molecule has 0 heterocycles. The summed E-state index contributed by atoms with van der Waals surface area (Å²) >= 11 is 0. The Morgan fingerprint density at radius 3 is 2.74 bits per heavy atom. The van der Waals surface area contributed by atoms with Crippen molar-refractivity contribution in [3.63, 3.8) is 0 Å². The van der Waals surface area contributed by atoms with Crippen LogP contribution in [0.1, 0.15) is 42.4 Å². The van der Waals surface area contributed by atoms with Crippen LogP contribution in [0.2, 0.25) is 0 Å². The number of amides is 1. The molecular weight excluding hydrogens is 234 g/mol. The van der Waals surface area contributed by atoms with E-state index in [1.807, 2.05) is 0 Å². The van der Waals surface area contributed by atoms with E-state index in [0.29, 0.717) is 12.5 Å². The number of fused-ring (bicyclic) bond motifs is 2. The van der Waals surface area contributed by atoms with Gasteiger partial charge in [-0.25, -0.2) is 0 Å². The van der Waals surface area contributed by atoms with E-state index >= 15 is 0 Å². The highest BCUT2D eigenvalue weighted by Gasteiger charge is 2.39. The van der Waals surface area contributed by atoms with Crippen molar-refractivity contribution >= 4 is 5.91 Å². The first-order valence-electron chi connectivity index (χ1n) is 7.47. The molecule has 2 heteroatoms. The van der Waals surface area contributed by atoms with Crippen molar-refractivity contribution in [3.05, 3.63) is 34.9 Å². The van der Waals surface area contributed by atoms with Crippen molar-refractivity contribution in [2.75, 3.05) is 0 Å². The second-order valence-electron chi connectivity index (χ2n) is 6.46. The van der Waals surface area contributed by atoms with Crippen molar-refractivity contribution in [2.45, 2.75) is 52.0 Å². The lowest BCUT2D eigenvalue weighted by Crippen LogP contribution is -2.39. The fourth-order valence-electron chi connectivity index (χ4n) is 3.90. The minimum Gasteiger partial charge on any atom is -0.353 e. The van der Waals surface area contributed by atoms with Crippen LogP contribution >= 0.6 is 0 Å². The molecule has 2 saturated carbocycles. The molecular formula is C17H23NO. The van der Waals surface area contributed by atoms with Gasteiger partial charge in [-0.1, -0.05) is 30.2 Å². The maximum absolute atomic E-state index is 12.2. The molecule has 3 atom stereocenters. The summed E-state index contributed by atoms with van der Waals surface area (Å²) in [5, 5.41) is 3.26. The number of aryl methyl sites for hydroxylation is 2. The summed E-state index contributed by atoms with van der Waals surface area (Å²) in [4.78, 5) is 12.2. The smallest absolute Gasteiger partial charge is 0.224 e. The summed E-state index contributed by atoms with van der Waals surface area (Å²) in [6.07, 6.45) is 5.78. The van der Waals surface area contributed by atoms with Gasteiger partial charge in [0, 0.05) is 6.04 Å². The summed E-state index contributed by atoms with van der Waals surface area (Å²) in [6.45, 7) is 4.18. The summed E-state index contributed by atoms with van der Waals surface area (Å²) in [7, 11) is 0. The first-order valence-corrected chi connectivity index (χ1v) is 7.47. The van der Waals surface area contributed by atoms with Gasteiger partial charge in [0.25, 0.3) is 0 Å². The number of benzene rings is 1. The van der Waals surface area contributed by atoms with Crippen molar-refractivity contribution in [1.29, 1.82) is 0 Å². The maximum Gasteiger partial charge on any atom is 0.224 e. The van der Waals surface area contributed by atoms with E-state index in [-0.39, 0.29) is 5.91 Å². The molecule has 2 aliphatic rings. The van der Waals surface area contributed by atoms with Crippen molar-refractivity contribution in [2.24, 2.45) is 11.8 Å². The highest BCUT2D eigenvalue weighted by atomic mass is 16.1. The molecule has 0 spiro atoms. The van der Waals surface area contributed by atoms with E-state index in [1.165, 1.54) is 36.8 Å². The predicted octanol–water partition coefficient (Wildman–Crippen LogP) is 3.15. The first-order chi connectivity index (χ1) is 9.11. The SMILES string of the molecule is Cc1ccc(CC(=O)N[C@@H]2C[C@H]3CC[C@@H]2C3)c(C)c1. The number of hydrogen-bond acceptors (Lipinski definition) is 1. The van der Waals surface area contributed by atoms with Gasteiger partial charge in [0.1, 0.15) is 0 Å². The fourth-order valence-corrected chi connectivity index (χ4v) is 3.90. The monoisotopic (exact) mass is 257 g/mol. The molecule has 3 rings (SSSR count). The quantitative estimate of drug-likeness (QED) is 0.885. The molecule has 19 heavy (non-hydrogen) atoms. The van der Waals surface area contributed by atoms with Crippen LogP contribution in [0, 0.1) is 25.7 Å². The van der Waals surface area contributed by atoms with E-state index in [0.717, 1.165) is 17.4 Å². The lowest BCUT2D eigenvalue weighted by molar-refractivity contribution is -0.121. The molecule has 1 N–H and O–H groups in total. The van der Waals surface area contributed by atoms with E-state index < -0.39 is 0 Å². The van der Waals surface area contributed by atoms with Crippen LogP contribution in [-0.2, 0) is 11.2 Å². The van der Waals surface area contributed by atoms with Gasteiger partial charge in [0.15, 0.2) is 0 Å². The van der Waals surface area contributed by atoms with Crippen molar-refractivity contribution < 1.29 is 4.79 Å².